The quantitative estimate of drug-likeness (QED) is 0.120. The summed E-state index contributed by atoms with van der Waals surface area (Å²) in [6, 6.07) is 21.8. The summed E-state index contributed by atoms with van der Waals surface area (Å²) in [6.45, 7) is 6.83. The molecule has 2 heterocycles. The van der Waals surface area contributed by atoms with Gasteiger partial charge in [-0.3, -0.25) is 4.79 Å². The van der Waals surface area contributed by atoms with E-state index in [9.17, 15) is 24.9 Å². The molecule has 7 heteroatoms. The molecule has 6 bridgehead atoms. The lowest BCUT2D eigenvalue weighted by atomic mass is 9.34. The number of esters is 2. The Hall–Kier alpha value is -3.88. The van der Waals surface area contributed by atoms with E-state index in [1.165, 1.54) is 68.9 Å². The molecule has 9 aliphatic rings. The van der Waals surface area contributed by atoms with Crippen molar-refractivity contribution in [1.82, 2.24) is 0 Å². The van der Waals surface area contributed by atoms with Crippen molar-refractivity contribution in [1.29, 1.82) is 0 Å². The van der Waals surface area contributed by atoms with E-state index in [-0.39, 0.29) is 48.6 Å². The van der Waals surface area contributed by atoms with Crippen molar-refractivity contribution in [3.8, 4) is 23.7 Å². The number of aryl methyl sites for hydroxylation is 2. The van der Waals surface area contributed by atoms with Gasteiger partial charge in [0.2, 0.25) is 0 Å². The van der Waals surface area contributed by atoms with Gasteiger partial charge in [-0.05, 0) is 191 Å². The van der Waals surface area contributed by atoms with E-state index < -0.39 is 46.1 Å². The predicted octanol–water partition coefficient (Wildman–Crippen LogP) is 12.5. The van der Waals surface area contributed by atoms with Gasteiger partial charge >= 0.3 is 11.9 Å². The number of benzene rings is 2. The molecule has 73 heavy (non-hydrogen) atoms. The zero-order valence-corrected chi connectivity index (χ0v) is 44.6. The molecule has 392 valence electrons. The first-order valence-electron chi connectivity index (χ1n) is 29.3. The fourth-order valence-electron chi connectivity index (χ4n) is 19.7. The predicted molar refractivity (Wildman–Crippen MR) is 285 cm³/mol. The van der Waals surface area contributed by atoms with Gasteiger partial charge in [-0.15, -0.1) is 11.8 Å². The normalized spacial score (nSPS) is 40.8. The third-order valence-corrected chi connectivity index (χ3v) is 22.8. The van der Waals surface area contributed by atoms with E-state index in [4.69, 9.17) is 9.47 Å². The topological polar surface area (TPSA) is 113 Å². The van der Waals surface area contributed by atoms with E-state index in [1.54, 1.807) is 6.08 Å². The third kappa shape index (κ3) is 8.98. The number of carbonyl (C=O) groups is 2. The van der Waals surface area contributed by atoms with E-state index >= 15 is 0 Å². The fraction of sp³-hybridized carbons (Fsp3) is 0.697. The maximum absolute atomic E-state index is 14.5. The molecule has 3 spiro atoms. The molecule has 15 atom stereocenters. The Morgan fingerprint density at radius 1 is 0.808 bits per heavy atom. The Labute approximate surface area is 437 Å². The smallest absolute Gasteiger partial charge is 0.331 e. The van der Waals surface area contributed by atoms with Crippen LogP contribution in [0, 0.1) is 91.7 Å². The van der Waals surface area contributed by atoms with Crippen LogP contribution in [0.3, 0.4) is 0 Å². The highest BCUT2D eigenvalue weighted by Crippen LogP contribution is 2.76. The van der Waals surface area contributed by atoms with E-state index in [2.05, 4.69) is 98.2 Å². The lowest BCUT2D eigenvalue weighted by molar-refractivity contribution is -0.340. The van der Waals surface area contributed by atoms with Gasteiger partial charge in [0.25, 0.3) is 0 Å². The number of carbonyl (C=O) groups excluding carboxylic acids is 2. The molecule has 2 aromatic carbocycles. The molecule has 0 aromatic heterocycles. The standard InChI is InChI=1S/C66H86O7/c1-46(16-14-21-47-17-6-4-7-18-47)25-28-55(67)66-56(68)31-35-61(3,59(66)54-42-60(2,32-11-10-24-57(69)73-54)65(66,71)37-29-49-38-58(70)72-43-49)53-30-36-62-39-50(53)22-15-23-51-41-64(44-62,45-63(51)33-12-13-34-63)52(40-62)27-26-48-19-8-5-9-20-48/h4-9,17-20,38,46,50-56,59,67-68,71H,10,12-14,16,21,23-31,33-37,39-45H2,1-3H3. The lowest BCUT2D eigenvalue weighted by Crippen LogP contribution is -2.79. The van der Waals surface area contributed by atoms with E-state index in [1.807, 2.05) is 6.92 Å². The van der Waals surface area contributed by atoms with Gasteiger partial charge in [0.15, 0.2) is 0 Å². The molecule has 2 aliphatic heterocycles. The van der Waals surface area contributed by atoms with Crippen LogP contribution in [-0.4, -0.2) is 57.8 Å². The van der Waals surface area contributed by atoms with Crippen LogP contribution in [0.25, 0.3) is 0 Å². The first-order valence-corrected chi connectivity index (χ1v) is 29.3. The second kappa shape index (κ2) is 19.9. The van der Waals surface area contributed by atoms with Gasteiger partial charge in [-0.1, -0.05) is 106 Å². The number of aliphatic hydroxyl groups is 3. The van der Waals surface area contributed by atoms with Gasteiger partial charge in [0.05, 0.1) is 35.1 Å². The van der Waals surface area contributed by atoms with Gasteiger partial charge in [0.1, 0.15) is 12.7 Å². The molecular weight excluding hydrogens is 905 g/mol. The number of ether oxygens (including phenoxy) is 2. The Morgan fingerprint density at radius 3 is 2.30 bits per heavy atom. The van der Waals surface area contributed by atoms with Gasteiger partial charge in [-0.2, -0.15) is 0 Å². The molecule has 0 radical (unpaired) electrons. The minimum Gasteiger partial charge on any atom is -0.462 e. The van der Waals surface area contributed by atoms with Crippen LogP contribution in [0.15, 0.2) is 72.3 Å². The maximum Gasteiger partial charge on any atom is 0.331 e. The van der Waals surface area contributed by atoms with Crippen molar-refractivity contribution >= 4 is 11.9 Å². The summed E-state index contributed by atoms with van der Waals surface area (Å²) in [5, 5.41) is 41.5. The summed E-state index contributed by atoms with van der Waals surface area (Å²) in [5.74, 6) is 15.6. The monoisotopic (exact) mass is 991 g/mol. The number of hydrogen-bond acceptors (Lipinski definition) is 7. The fourth-order valence-corrected chi connectivity index (χ4v) is 19.7. The van der Waals surface area contributed by atoms with Gasteiger partial charge < -0.3 is 24.8 Å². The minimum absolute atomic E-state index is 0.107. The number of cyclic esters (lactones) is 1. The summed E-state index contributed by atoms with van der Waals surface area (Å²) in [5.41, 5.74) is -0.399. The summed E-state index contributed by atoms with van der Waals surface area (Å²) in [7, 11) is 0. The summed E-state index contributed by atoms with van der Waals surface area (Å²) >= 11 is 0. The Morgan fingerprint density at radius 2 is 1.56 bits per heavy atom. The van der Waals surface area contributed by atoms with Crippen LogP contribution in [0.2, 0.25) is 0 Å². The third-order valence-electron chi connectivity index (χ3n) is 22.8. The average Bonchev–Trinajstić information content (AvgIpc) is 4.17. The first kappa shape index (κ1) is 51.2. The zero-order valence-electron chi connectivity index (χ0n) is 44.6. The van der Waals surface area contributed by atoms with Crippen LogP contribution < -0.4 is 0 Å². The van der Waals surface area contributed by atoms with Crippen molar-refractivity contribution in [3.63, 3.8) is 0 Å². The van der Waals surface area contributed by atoms with Crippen LogP contribution in [0.4, 0.5) is 0 Å². The Balaban J connectivity index is 0.984. The summed E-state index contributed by atoms with van der Waals surface area (Å²) < 4.78 is 12.2. The molecule has 0 saturated heterocycles. The van der Waals surface area contributed by atoms with Crippen molar-refractivity contribution in [3.05, 3.63) is 83.4 Å². The van der Waals surface area contributed by atoms with Crippen molar-refractivity contribution < 1.29 is 34.4 Å². The molecule has 11 rings (SSSR count). The van der Waals surface area contributed by atoms with Crippen molar-refractivity contribution in [2.24, 2.45) is 68.0 Å². The molecule has 6 saturated carbocycles. The molecule has 7 nitrogen and oxygen atoms in total. The van der Waals surface area contributed by atoms with Gasteiger partial charge in [0, 0.05) is 37.2 Å². The number of hydrogen-bond donors (Lipinski definition) is 3. The summed E-state index contributed by atoms with van der Waals surface area (Å²) in [6.07, 6.45) is 22.4. The lowest BCUT2D eigenvalue weighted by Gasteiger charge is -2.72. The van der Waals surface area contributed by atoms with E-state index in [0.29, 0.717) is 67.1 Å². The first-order chi connectivity index (χ1) is 35.1. The molecule has 15 unspecified atom stereocenters. The molecule has 3 N–H and O–H groups in total. The number of fused-ring (bicyclic) bond motifs is 7. The minimum atomic E-state index is -1.73. The highest BCUT2D eigenvalue weighted by molar-refractivity contribution is 5.85. The second-order valence-corrected chi connectivity index (χ2v) is 26.8. The number of rotatable bonds is 15. The SMILES string of the molecule is CC(CCCc1ccccc1)CCC(O)C12C(O)CCC(C)(C3CCC45CC3C#CCC3CC(C4)(CC34CCCC4)C(CCc3ccccc3)C5)C1C1CC(C)(C#CCCC(=O)O1)C2(O)CCC1=CC(=O)OC1. The van der Waals surface area contributed by atoms with E-state index in [0.717, 1.165) is 63.4 Å². The second-order valence-electron chi connectivity index (χ2n) is 26.8. The van der Waals surface area contributed by atoms with Crippen molar-refractivity contribution in [2.45, 2.75) is 212 Å². The zero-order chi connectivity index (χ0) is 50.7. The van der Waals surface area contributed by atoms with Gasteiger partial charge in [-0.25, -0.2) is 4.79 Å². The summed E-state index contributed by atoms with van der Waals surface area (Å²) in [4.78, 5) is 26.6. The highest BCUT2D eigenvalue weighted by atomic mass is 16.5. The number of aliphatic hydroxyl groups excluding tert-OH is 2. The molecule has 7 aliphatic carbocycles. The van der Waals surface area contributed by atoms with Crippen LogP contribution >= 0.6 is 0 Å². The molecule has 6 fully saturated rings. The average molecular weight is 991 g/mol. The molecule has 2 aromatic rings. The maximum atomic E-state index is 14.5. The molecular formula is C66H86O7. The Kier molecular flexibility index (Phi) is 14.0. The largest absolute Gasteiger partial charge is 0.462 e. The van der Waals surface area contributed by atoms with Crippen molar-refractivity contribution in [2.75, 3.05) is 6.61 Å². The van der Waals surface area contributed by atoms with Crippen LogP contribution in [0.1, 0.15) is 186 Å². The molecule has 0 amide bonds. The van der Waals surface area contributed by atoms with Crippen LogP contribution in [-0.2, 0) is 31.9 Å². The highest BCUT2D eigenvalue weighted by Gasteiger charge is 2.78. The Bertz CT molecular complexity index is 2510. The van der Waals surface area contributed by atoms with Crippen LogP contribution in [0.5, 0.6) is 0 Å².